The van der Waals surface area contributed by atoms with Crippen LogP contribution >= 0.6 is 0 Å². The second-order valence-electron chi connectivity index (χ2n) is 6.18. The Morgan fingerprint density at radius 1 is 1.25 bits per heavy atom. The monoisotopic (exact) mass is 380 g/mol. The molecule has 1 aromatic carbocycles. The molecule has 0 fully saturated rings. The number of allylic oxidation sites excluding steroid dienone is 4. The molecule has 0 saturated heterocycles. The summed E-state index contributed by atoms with van der Waals surface area (Å²) < 4.78 is 13.9. The average Bonchev–Trinajstić information content (AvgIpc) is 3.12. The summed E-state index contributed by atoms with van der Waals surface area (Å²) in [7, 11) is 0. The topological polar surface area (TPSA) is 62.5 Å². The van der Waals surface area contributed by atoms with Crippen molar-refractivity contribution in [1.82, 2.24) is 14.6 Å². The molecule has 3 aromatic rings. The van der Waals surface area contributed by atoms with Crippen molar-refractivity contribution in [3.8, 4) is 0 Å². The molecule has 0 saturated carbocycles. The number of imidazole rings is 1. The molecule has 3 rings (SSSR count). The minimum absolute atomic E-state index is 0.0641. The summed E-state index contributed by atoms with van der Waals surface area (Å²) in [5, 5.41) is 16.3. The molecule has 146 valence electrons. The van der Waals surface area contributed by atoms with Gasteiger partial charge in [-0.15, -0.1) is 5.10 Å². The van der Waals surface area contributed by atoms with Crippen LogP contribution in [0.1, 0.15) is 18.2 Å². The first-order valence-electron chi connectivity index (χ1n) is 8.86. The minimum Gasteiger partial charge on any atom is -0.395 e. The number of hydrogen-bond donors (Lipinski definition) is 2. The van der Waals surface area contributed by atoms with E-state index in [-0.39, 0.29) is 12.4 Å². The number of halogens is 1. The third-order valence-corrected chi connectivity index (χ3v) is 3.86. The van der Waals surface area contributed by atoms with Crippen LogP contribution in [0.15, 0.2) is 73.5 Å². The first-order chi connectivity index (χ1) is 13.4. The second kappa shape index (κ2) is 10.2. The van der Waals surface area contributed by atoms with Crippen LogP contribution in [0, 0.1) is 12.7 Å². The van der Waals surface area contributed by atoms with Crippen LogP contribution < -0.4 is 5.32 Å². The van der Waals surface area contributed by atoms with Gasteiger partial charge in [0.2, 0.25) is 0 Å². The van der Waals surface area contributed by atoms with Gasteiger partial charge in [0.15, 0.2) is 5.65 Å². The van der Waals surface area contributed by atoms with E-state index in [1.807, 2.05) is 32.1 Å². The van der Waals surface area contributed by atoms with E-state index in [4.69, 9.17) is 5.11 Å². The number of nitrogens with zero attached hydrogens (tertiary/aromatic N) is 3. The minimum atomic E-state index is -0.171. The molecule has 0 amide bonds. The SMILES string of the molecule is C=CC(=C)/C=C(\C)c1cnc2ccc(NCCO)nn12.Cc1ccc(F)cc1. The average molecular weight is 380 g/mol. The maximum Gasteiger partial charge on any atom is 0.154 e. The van der Waals surface area contributed by atoms with Crippen LogP contribution in [0.25, 0.3) is 11.2 Å². The number of benzene rings is 1. The molecule has 0 atom stereocenters. The summed E-state index contributed by atoms with van der Waals surface area (Å²) in [6.45, 7) is 12.0. The number of nitrogens with one attached hydrogen (secondary N) is 1. The molecule has 0 aliphatic rings. The lowest BCUT2D eigenvalue weighted by atomic mass is 10.1. The zero-order chi connectivity index (χ0) is 20.5. The molecule has 0 radical (unpaired) electrons. The van der Waals surface area contributed by atoms with Crippen LogP contribution in [0.3, 0.4) is 0 Å². The number of anilines is 1. The largest absolute Gasteiger partial charge is 0.395 e. The van der Waals surface area contributed by atoms with Crippen molar-refractivity contribution in [3.05, 3.63) is 90.6 Å². The summed E-state index contributed by atoms with van der Waals surface area (Å²) in [5.41, 5.74) is 4.61. The third-order valence-electron chi connectivity index (χ3n) is 3.86. The number of aliphatic hydroxyl groups excluding tert-OH is 1. The fraction of sp³-hybridized carbons (Fsp3) is 0.182. The van der Waals surface area contributed by atoms with Crippen molar-refractivity contribution in [2.24, 2.45) is 0 Å². The molecule has 0 aliphatic heterocycles. The first-order valence-corrected chi connectivity index (χ1v) is 8.86. The van der Waals surface area contributed by atoms with Crippen molar-refractivity contribution in [2.75, 3.05) is 18.5 Å². The van der Waals surface area contributed by atoms with E-state index in [9.17, 15) is 4.39 Å². The second-order valence-corrected chi connectivity index (χ2v) is 6.18. The highest BCUT2D eigenvalue weighted by Gasteiger charge is 2.07. The molecular formula is C22H25FN4O. The summed E-state index contributed by atoms with van der Waals surface area (Å²) >= 11 is 0. The molecule has 2 heterocycles. The van der Waals surface area contributed by atoms with Crippen molar-refractivity contribution >= 4 is 17.0 Å². The lowest BCUT2D eigenvalue weighted by Gasteiger charge is -2.06. The third kappa shape index (κ3) is 5.89. The molecule has 5 nitrogen and oxygen atoms in total. The van der Waals surface area contributed by atoms with E-state index in [1.54, 1.807) is 28.9 Å². The summed E-state index contributed by atoms with van der Waals surface area (Å²) in [6.07, 6.45) is 5.42. The predicted molar refractivity (Wildman–Crippen MR) is 113 cm³/mol. The Labute approximate surface area is 164 Å². The van der Waals surface area contributed by atoms with Gasteiger partial charge in [-0.1, -0.05) is 43.0 Å². The Bertz CT molecular complexity index is 953. The normalized spacial score (nSPS) is 10.9. The highest BCUT2D eigenvalue weighted by atomic mass is 19.1. The number of aliphatic hydroxyl groups is 1. The smallest absolute Gasteiger partial charge is 0.154 e. The Morgan fingerprint density at radius 3 is 2.57 bits per heavy atom. The molecule has 28 heavy (non-hydrogen) atoms. The van der Waals surface area contributed by atoms with Crippen molar-refractivity contribution in [3.63, 3.8) is 0 Å². The molecule has 0 aliphatic carbocycles. The number of fused-ring (bicyclic) bond motifs is 1. The van der Waals surface area contributed by atoms with Gasteiger partial charge in [0.25, 0.3) is 0 Å². The number of aryl methyl sites for hydroxylation is 1. The molecule has 6 heteroatoms. The molecule has 0 bridgehead atoms. The van der Waals surface area contributed by atoms with Gasteiger partial charge in [0.05, 0.1) is 18.5 Å². The van der Waals surface area contributed by atoms with Crippen molar-refractivity contribution in [1.29, 1.82) is 0 Å². The highest BCUT2D eigenvalue weighted by Crippen LogP contribution is 2.18. The zero-order valence-electron chi connectivity index (χ0n) is 16.2. The molecule has 0 spiro atoms. The van der Waals surface area contributed by atoms with E-state index in [1.165, 1.54) is 12.1 Å². The van der Waals surface area contributed by atoms with Crippen LogP contribution in [-0.2, 0) is 0 Å². The van der Waals surface area contributed by atoms with Gasteiger partial charge in [-0.3, -0.25) is 0 Å². The van der Waals surface area contributed by atoms with E-state index >= 15 is 0 Å². The predicted octanol–water partition coefficient (Wildman–Crippen LogP) is 4.41. The van der Waals surface area contributed by atoms with Gasteiger partial charge in [-0.25, -0.2) is 13.9 Å². The maximum atomic E-state index is 12.1. The van der Waals surface area contributed by atoms with E-state index in [0.29, 0.717) is 12.4 Å². The Hall–Kier alpha value is -3.25. The zero-order valence-corrected chi connectivity index (χ0v) is 16.2. The maximum absolute atomic E-state index is 12.1. The Morgan fingerprint density at radius 2 is 1.96 bits per heavy atom. The van der Waals surface area contributed by atoms with Crippen LogP contribution in [0.4, 0.5) is 10.2 Å². The quantitative estimate of drug-likeness (QED) is 0.622. The number of hydrogen-bond acceptors (Lipinski definition) is 4. The highest BCUT2D eigenvalue weighted by molar-refractivity contribution is 5.66. The van der Waals surface area contributed by atoms with Crippen molar-refractivity contribution < 1.29 is 9.50 Å². The summed E-state index contributed by atoms with van der Waals surface area (Å²) in [4.78, 5) is 4.32. The molecule has 0 unspecified atom stereocenters. The van der Waals surface area contributed by atoms with Crippen LogP contribution in [0.5, 0.6) is 0 Å². The first kappa shape index (κ1) is 21.1. The van der Waals surface area contributed by atoms with E-state index < -0.39 is 0 Å². The Balaban J connectivity index is 0.000000292. The standard InChI is InChI=1S/C15H18N4O.C7H7F/c1-4-11(2)9-12(3)13-10-17-15-6-5-14(16-7-8-20)18-19(13)15;1-6-2-4-7(8)5-3-6/h4-6,9-10,20H,1-2,7-8H2,3H3,(H,16,18);2-5H,1H3/b12-9+;. The number of aromatic nitrogens is 3. The lowest BCUT2D eigenvalue weighted by molar-refractivity contribution is 0.311. The van der Waals surface area contributed by atoms with E-state index in [0.717, 1.165) is 28.1 Å². The van der Waals surface area contributed by atoms with Crippen molar-refractivity contribution in [2.45, 2.75) is 13.8 Å². The molecule has 2 N–H and O–H groups in total. The van der Waals surface area contributed by atoms with E-state index in [2.05, 4.69) is 28.6 Å². The fourth-order valence-corrected chi connectivity index (χ4v) is 2.36. The summed E-state index contributed by atoms with van der Waals surface area (Å²) in [6, 6.07) is 10.1. The fourth-order valence-electron chi connectivity index (χ4n) is 2.36. The van der Waals surface area contributed by atoms with Gasteiger partial charge < -0.3 is 10.4 Å². The molecular weight excluding hydrogens is 355 g/mol. The molecule has 2 aromatic heterocycles. The van der Waals surface area contributed by atoms with Gasteiger partial charge in [-0.2, -0.15) is 0 Å². The van der Waals surface area contributed by atoms with Gasteiger partial charge in [-0.05, 0) is 49.3 Å². The summed E-state index contributed by atoms with van der Waals surface area (Å²) in [5.74, 6) is 0.525. The lowest BCUT2D eigenvalue weighted by Crippen LogP contribution is -2.09. The van der Waals surface area contributed by atoms with Crippen LogP contribution in [0.2, 0.25) is 0 Å². The number of rotatable bonds is 6. The van der Waals surface area contributed by atoms with Gasteiger partial charge in [0, 0.05) is 6.54 Å². The van der Waals surface area contributed by atoms with Gasteiger partial charge >= 0.3 is 0 Å². The van der Waals surface area contributed by atoms with Crippen LogP contribution in [-0.4, -0.2) is 32.9 Å². The Kier molecular flexibility index (Phi) is 7.65. The van der Waals surface area contributed by atoms with Gasteiger partial charge in [0.1, 0.15) is 11.6 Å².